The Hall–Kier alpha value is -1.17. The first-order valence-corrected chi connectivity index (χ1v) is 9.17. The molecule has 0 aliphatic carbocycles. The van der Waals surface area contributed by atoms with Gasteiger partial charge in [-0.3, -0.25) is 0 Å². The maximum absolute atomic E-state index is 12.1. The highest BCUT2D eigenvalue weighted by atomic mass is 79.9. The smallest absolute Gasteiger partial charge is 0.214 e. The summed E-state index contributed by atoms with van der Waals surface area (Å²) in [4.78, 5) is 0. The van der Waals surface area contributed by atoms with Crippen LogP contribution in [0.5, 0.6) is 0 Å². The van der Waals surface area contributed by atoms with Crippen LogP contribution in [0.2, 0.25) is 0 Å². The molecule has 5 heteroatoms. The molecule has 0 bridgehead atoms. The van der Waals surface area contributed by atoms with Gasteiger partial charge in [0.15, 0.2) is 0 Å². The normalized spacial score (nSPS) is 13.0. The lowest BCUT2D eigenvalue weighted by atomic mass is 10.0. The lowest BCUT2D eigenvalue weighted by Crippen LogP contribution is -2.28. The molecular formula is C16H18BrNO2S. The van der Waals surface area contributed by atoms with Crippen LogP contribution in [0.4, 0.5) is 0 Å². The molecule has 0 unspecified atom stereocenters. The van der Waals surface area contributed by atoms with Crippen molar-refractivity contribution in [3.8, 4) is 0 Å². The number of sulfonamides is 1. The zero-order valence-electron chi connectivity index (χ0n) is 11.8. The van der Waals surface area contributed by atoms with Crippen molar-refractivity contribution in [1.82, 2.24) is 4.72 Å². The molecule has 0 fully saturated rings. The molecule has 1 atom stereocenters. The summed E-state index contributed by atoms with van der Waals surface area (Å²) in [5.74, 6) is 0.146. The zero-order chi connectivity index (χ0) is 15.3. The minimum absolute atomic E-state index is 0.00178. The lowest BCUT2D eigenvalue weighted by molar-refractivity contribution is 0.574. The van der Waals surface area contributed by atoms with Crippen LogP contribution in [0.1, 0.15) is 24.0 Å². The molecule has 0 aliphatic rings. The van der Waals surface area contributed by atoms with Gasteiger partial charge in [-0.25, -0.2) is 13.1 Å². The SMILES string of the molecule is C[C@@H](CNS(=O)(=O)Cc1ccc(Br)cc1)c1ccccc1. The van der Waals surface area contributed by atoms with Crippen LogP contribution < -0.4 is 4.72 Å². The van der Waals surface area contributed by atoms with Gasteiger partial charge in [-0.1, -0.05) is 65.3 Å². The van der Waals surface area contributed by atoms with Crippen molar-refractivity contribution in [3.05, 3.63) is 70.2 Å². The molecule has 0 saturated carbocycles. The van der Waals surface area contributed by atoms with Crippen LogP contribution >= 0.6 is 15.9 Å². The second-order valence-electron chi connectivity index (χ2n) is 5.05. The van der Waals surface area contributed by atoms with E-state index >= 15 is 0 Å². The van der Waals surface area contributed by atoms with Crippen molar-refractivity contribution in [3.63, 3.8) is 0 Å². The average Bonchev–Trinajstić information content (AvgIpc) is 2.48. The largest absolute Gasteiger partial charge is 0.215 e. The summed E-state index contributed by atoms with van der Waals surface area (Å²) in [7, 11) is -3.32. The Morgan fingerprint density at radius 1 is 1.05 bits per heavy atom. The van der Waals surface area contributed by atoms with E-state index in [1.165, 1.54) is 0 Å². The second-order valence-corrected chi connectivity index (χ2v) is 7.77. The van der Waals surface area contributed by atoms with Gasteiger partial charge < -0.3 is 0 Å². The molecule has 0 amide bonds. The number of benzene rings is 2. The molecule has 3 nitrogen and oxygen atoms in total. The third-order valence-corrected chi connectivity index (χ3v) is 5.10. The van der Waals surface area contributed by atoms with Crippen LogP contribution in [0, 0.1) is 0 Å². The van der Waals surface area contributed by atoms with E-state index in [1.54, 1.807) is 0 Å². The predicted molar refractivity (Wildman–Crippen MR) is 89.6 cm³/mol. The molecule has 0 heterocycles. The fourth-order valence-corrected chi connectivity index (χ4v) is 3.50. The molecule has 0 saturated heterocycles. The van der Waals surface area contributed by atoms with E-state index in [0.717, 1.165) is 15.6 Å². The number of nitrogens with one attached hydrogen (secondary N) is 1. The molecule has 2 rings (SSSR count). The van der Waals surface area contributed by atoms with E-state index < -0.39 is 10.0 Å². The first-order valence-electron chi connectivity index (χ1n) is 6.73. The quantitative estimate of drug-likeness (QED) is 0.846. The predicted octanol–water partition coefficient (Wildman–Crippen LogP) is 3.67. The van der Waals surface area contributed by atoms with Gasteiger partial charge >= 0.3 is 0 Å². The summed E-state index contributed by atoms with van der Waals surface area (Å²) in [6.07, 6.45) is 0. The first-order chi connectivity index (χ1) is 9.96. The number of hydrogen-bond acceptors (Lipinski definition) is 2. The molecule has 0 aliphatic heterocycles. The zero-order valence-corrected chi connectivity index (χ0v) is 14.2. The number of rotatable bonds is 6. The van der Waals surface area contributed by atoms with E-state index in [-0.39, 0.29) is 11.7 Å². The molecule has 1 N–H and O–H groups in total. The summed E-state index contributed by atoms with van der Waals surface area (Å²) in [5.41, 5.74) is 1.90. The Kier molecular flexibility index (Phi) is 5.56. The summed E-state index contributed by atoms with van der Waals surface area (Å²) >= 11 is 3.34. The third-order valence-electron chi connectivity index (χ3n) is 3.25. The van der Waals surface area contributed by atoms with Crippen LogP contribution in [0.15, 0.2) is 59.1 Å². The number of halogens is 1. The van der Waals surface area contributed by atoms with E-state index in [9.17, 15) is 8.42 Å². The molecule has 2 aromatic carbocycles. The molecule has 112 valence electrons. The van der Waals surface area contributed by atoms with Crippen molar-refractivity contribution in [2.75, 3.05) is 6.54 Å². The van der Waals surface area contributed by atoms with E-state index in [4.69, 9.17) is 0 Å². The van der Waals surface area contributed by atoms with Gasteiger partial charge in [0.25, 0.3) is 0 Å². The lowest BCUT2D eigenvalue weighted by Gasteiger charge is -2.13. The van der Waals surface area contributed by atoms with E-state index in [1.807, 2.05) is 61.5 Å². The molecule has 0 radical (unpaired) electrons. The van der Waals surface area contributed by atoms with Crippen LogP contribution in [-0.4, -0.2) is 15.0 Å². The third kappa shape index (κ3) is 5.26. The highest BCUT2D eigenvalue weighted by Gasteiger charge is 2.13. The number of hydrogen-bond donors (Lipinski definition) is 1. The Bertz CT molecular complexity index is 669. The van der Waals surface area contributed by atoms with Gasteiger partial charge in [0.05, 0.1) is 5.75 Å². The monoisotopic (exact) mass is 367 g/mol. The standard InChI is InChI=1S/C16H18BrNO2S/c1-13(15-5-3-2-4-6-15)11-18-21(19,20)12-14-7-9-16(17)10-8-14/h2-10,13,18H,11-12H2,1H3/t13-/m0/s1. The summed E-state index contributed by atoms with van der Waals surface area (Å²) in [6.45, 7) is 2.42. The minimum Gasteiger partial charge on any atom is -0.214 e. The van der Waals surface area contributed by atoms with Crippen molar-refractivity contribution < 1.29 is 8.42 Å². The Morgan fingerprint density at radius 3 is 2.29 bits per heavy atom. The van der Waals surface area contributed by atoms with Gasteiger partial charge in [0.1, 0.15) is 0 Å². The maximum Gasteiger partial charge on any atom is 0.215 e. The second kappa shape index (κ2) is 7.20. The van der Waals surface area contributed by atoms with Gasteiger partial charge in [-0.2, -0.15) is 0 Å². The minimum atomic E-state index is -3.32. The Labute approximate surface area is 134 Å². The van der Waals surface area contributed by atoms with Crippen molar-refractivity contribution in [1.29, 1.82) is 0 Å². The van der Waals surface area contributed by atoms with Gasteiger partial charge in [0, 0.05) is 11.0 Å². The van der Waals surface area contributed by atoms with Crippen LogP contribution in [0.3, 0.4) is 0 Å². The fraction of sp³-hybridized carbons (Fsp3) is 0.250. The van der Waals surface area contributed by atoms with Crippen LogP contribution in [0.25, 0.3) is 0 Å². The fourth-order valence-electron chi connectivity index (χ4n) is 2.00. The summed E-state index contributed by atoms with van der Waals surface area (Å²) in [6, 6.07) is 17.2. The average molecular weight is 368 g/mol. The molecular weight excluding hydrogens is 350 g/mol. The topological polar surface area (TPSA) is 46.2 Å². The highest BCUT2D eigenvalue weighted by molar-refractivity contribution is 9.10. The Balaban J connectivity index is 1.94. The first kappa shape index (κ1) is 16.2. The summed E-state index contributed by atoms with van der Waals surface area (Å²) < 4.78 is 27.8. The highest BCUT2D eigenvalue weighted by Crippen LogP contribution is 2.15. The molecule has 0 spiro atoms. The maximum atomic E-state index is 12.1. The molecule has 21 heavy (non-hydrogen) atoms. The molecule has 0 aromatic heterocycles. The molecule has 2 aromatic rings. The van der Waals surface area contributed by atoms with Gasteiger partial charge in [-0.05, 0) is 29.2 Å². The van der Waals surface area contributed by atoms with E-state index in [2.05, 4.69) is 20.7 Å². The van der Waals surface area contributed by atoms with Crippen molar-refractivity contribution in [2.24, 2.45) is 0 Å². The van der Waals surface area contributed by atoms with Crippen molar-refractivity contribution >= 4 is 26.0 Å². The van der Waals surface area contributed by atoms with Gasteiger partial charge in [-0.15, -0.1) is 0 Å². The van der Waals surface area contributed by atoms with Gasteiger partial charge in [0.2, 0.25) is 10.0 Å². The van der Waals surface area contributed by atoms with E-state index in [0.29, 0.717) is 6.54 Å². The Morgan fingerprint density at radius 2 is 1.67 bits per heavy atom. The van der Waals surface area contributed by atoms with Crippen molar-refractivity contribution in [2.45, 2.75) is 18.6 Å². The van der Waals surface area contributed by atoms with Crippen LogP contribution in [-0.2, 0) is 15.8 Å². The summed E-state index contributed by atoms with van der Waals surface area (Å²) in [5, 5.41) is 0.